The lowest BCUT2D eigenvalue weighted by molar-refractivity contribution is 0.0377. The third-order valence-corrected chi connectivity index (χ3v) is 8.20. The maximum Gasteiger partial charge on any atom is 0.408 e. The molecule has 4 heterocycles. The molecule has 0 unspecified atom stereocenters. The molecule has 2 aromatic carbocycles. The number of methoxy groups -OCH3 is 1. The van der Waals surface area contributed by atoms with Gasteiger partial charge < -0.3 is 20.1 Å². The van der Waals surface area contributed by atoms with Crippen LogP contribution >= 0.6 is 0 Å². The third-order valence-electron chi connectivity index (χ3n) is 8.20. The van der Waals surface area contributed by atoms with E-state index in [0.29, 0.717) is 5.88 Å². The first kappa shape index (κ1) is 27.6. The van der Waals surface area contributed by atoms with Crippen molar-refractivity contribution < 1.29 is 14.3 Å². The monoisotopic (exact) mass is 586 g/mol. The summed E-state index contributed by atoms with van der Waals surface area (Å²) in [5.74, 6) is 2.07. The van der Waals surface area contributed by atoms with E-state index in [2.05, 4.69) is 56.6 Å². The van der Waals surface area contributed by atoms with Crippen LogP contribution in [-0.4, -0.2) is 38.3 Å². The maximum atomic E-state index is 12.8. The number of benzene rings is 2. The molecule has 1 fully saturated rings. The average molecular weight is 587 g/mol. The smallest absolute Gasteiger partial charge is 0.408 e. The Labute approximate surface area is 256 Å². The van der Waals surface area contributed by atoms with E-state index in [1.165, 1.54) is 0 Å². The lowest BCUT2D eigenvalue weighted by Gasteiger charge is -2.43. The van der Waals surface area contributed by atoms with E-state index < -0.39 is 17.2 Å². The van der Waals surface area contributed by atoms with Gasteiger partial charge in [-0.05, 0) is 75.9 Å². The quantitative estimate of drug-likeness (QED) is 0.214. The standard InChI is InChI=1S/C35H34N6O3/c1-34(2,3)44-33(42)40-35(18-8-19-35)24-15-12-22(13-16-24)30-29(23-14-17-28(43-4)37-21-23)39-32-25-9-5-6-10-26(25)38-31-27(41(30)32)11-7-20-36-31/h5-7,9-17,20-21H,8,18-19H2,1-4H3,(H,36,38)(H,40,42). The molecule has 0 spiro atoms. The SMILES string of the molecule is COc1ccc(-c2nc3n(c2-c2ccc(C4(NC(=O)OC(C)(C)C)CCC4)cc2)-c2cccnc2Nc2ccccc2-3)cn1. The Morgan fingerprint density at radius 1 is 0.955 bits per heavy atom. The number of imidazole rings is 1. The van der Waals surface area contributed by atoms with Crippen molar-refractivity contribution in [3.8, 4) is 45.5 Å². The Balaban J connectivity index is 1.39. The highest BCUT2D eigenvalue weighted by atomic mass is 16.6. The van der Waals surface area contributed by atoms with Crippen LogP contribution in [0, 0.1) is 0 Å². The van der Waals surface area contributed by atoms with Gasteiger partial charge in [0.15, 0.2) is 5.82 Å². The zero-order valence-corrected chi connectivity index (χ0v) is 25.2. The summed E-state index contributed by atoms with van der Waals surface area (Å²) in [6.07, 6.45) is 5.94. The first-order valence-electron chi connectivity index (χ1n) is 14.8. The van der Waals surface area contributed by atoms with Gasteiger partial charge in [-0.2, -0.15) is 0 Å². The molecular weight excluding hydrogens is 552 g/mol. The number of hydrogen-bond acceptors (Lipinski definition) is 7. The van der Waals surface area contributed by atoms with E-state index in [0.717, 1.165) is 75.9 Å². The number of anilines is 2. The number of carbonyl (C=O) groups is 1. The van der Waals surface area contributed by atoms with Crippen LogP contribution in [0.25, 0.3) is 39.6 Å². The van der Waals surface area contributed by atoms with Crippen molar-refractivity contribution in [1.82, 2.24) is 24.8 Å². The minimum Gasteiger partial charge on any atom is -0.481 e. The van der Waals surface area contributed by atoms with Gasteiger partial charge in [0.05, 0.1) is 35.4 Å². The molecule has 9 heteroatoms. The van der Waals surface area contributed by atoms with E-state index in [1.54, 1.807) is 19.5 Å². The molecule has 1 amide bonds. The lowest BCUT2D eigenvalue weighted by Crippen LogP contribution is -2.52. The van der Waals surface area contributed by atoms with Crippen LogP contribution in [0.1, 0.15) is 45.6 Å². The highest BCUT2D eigenvalue weighted by Gasteiger charge is 2.41. The van der Waals surface area contributed by atoms with E-state index >= 15 is 0 Å². The zero-order chi connectivity index (χ0) is 30.5. The van der Waals surface area contributed by atoms with Gasteiger partial charge in [0, 0.05) is 35.2 Å². The first-order chi connectivity index (χ1) is 21.2. The summed E-state index contributed by atoms with van der Waals surface area (Å²) in [4.78, 5) is 27.2. The molecule has 2 aliphatic rings. The van der Waals surface area contributed by atoms with Gasteiger partial charge in [-0.15, -0.1) is 0 Å². The van der Waals surface area contributed by atoms with Gasteiger partial charge in [-0.1, -0.05) is 36.4 Å². The molecule has 7 rings (SSSR count). The van der Waals surface area contributed by atoms with Crippen molar-refractivity contribution in [2.75, 3.05) is 12.4 Å². The van der Waals surface area contributed by atoms with Crippen molar-refractivity contribution in [3.05, 3.63) is 90.8 Å². The van der Waals surface area contributed by atoms with Crippen molar-refractivity contribution >= 4 is 17.6 Å². The zero-order valence-electron chi connectivity index (χ0n) is 25.2. The maximum absolute atomic E-state index is 12.8. The number of rotatable bonds is 5. The Kier molecular flexibility index (Phi) is 6.61. The fraction of sp³-hybridized carbons (Fsp3) is 0.257. The molecule has 0 saturated heterocycles. The summed E-state index contributed by atoms with van der Waals surface area (Å²) >= 11 is 0. The van der Waals surface area contributed by atoms with Gasteiger partial charge in [-0.3, -0.25) is 4.57 Å². The second-order valence-corrected chi connectivity index (χ2v) is 12.2. The number of alkyl carbamates (subject to hydrolysis) is 1. The van der Waals surface area contributed by atoms with Crippen LogP contribution in [0.15, 0.2) is 85.2 Å². The number of ether oxygens (including phenoxy) is 2. The van der Waals surface area contributed by atoms with E-state index in [9.17, 15) is 4.79 Å². The van der Waals surface area contributed by atoms with E-state index in [4.69, 9.17) is 19.4 Å². The molecule has 1 aliphatic carbocycles. The predicted octanol–water partition coefficient (Wildman–Crippen LogP) is 7.63. The molecule has 1 aliphatic heterocycles. The average Bonchev–Trinajstić information content (AvgIpc) is 3.33. The molecule has 222 valence electrons. The number of nitrogens with one attached hydrogen (secondary N) is 2. The summed E-state index contributed by atoms with van der Waals surface area (Å²) in [5.41, 5.74) is 6.36. The number of carbonyl (C=O) groups excluding carboxylic acids is 1. The molecule has 1 saturated carbocycles. The number of amides is 1. The molecule has 3 aromatic heterocycles. The minimum absolute atomic E-state index is 0.396. The minimum atomic E-state index is -0.565. The van der Waals surface area contributed by atoms with E-state index in [-0.39, 0.29) is 0 Å². The number of aromatic nitrogens is 4. The largest absolute Gasteiger partial charge is 0.481 e. The highest BCUT2D eigenvalue weighted by molar-refractivity contribution is 5.90. The number of para-hydroxylation sites is 1. The summed E-state index contributed by atoms with van der Waals surface area (Å²) in [5, 5.41) is 6.69. The normalized spacial score (nSPS) is 14.5. The second-order valence-electron chi connectivity index (χ2n) is 12.2. The lowest BCUT2D eigenvalue weighted by atomic mass is 9.71. The summed E-state index contributed by atoms with van der Waals surface area (Å²) in [6.45, 7) is 5.63. The van der Waals surface area contributed by atoms with Crippen LogP contribution in [0.4, 0.5) is 16.3 Å². The van der Waals surface area contributed by atoms with Gasteiger partial charge in [0.2, 0.25) is 5.88 Å². The Bertz CT molecular complexity index is 1850. The highest BCUT2D eigenvalue weighted by Crippen LogP contribution is 2.46. The number of hydrogen-bond donors (Lipinski definition) is 2. The molecule has 0 atom stereocenters. The van der Waals surface area contributed by atoms with Crippen LogP contribution < -0.4 is 15.4 Å². The second kappa shape index (κ2) is 10.5. The Morgan fingerprint density at radius 2 is 1.73 bits per heavy atom. The molecule has 0 radical (unpaired) electrons. The number of pyridine rings is 2. The van der Waals surface area contributed by atoms with Crippen LogP contribution in [-0.2, 0) is 10.3 Å². The molecule has 9 nitrogen and oxygen atoms in total. The molecular formula is C35H34N6O3. The van der Waals surface area contributed by atoms with Gasteiger partial charge in [0.25, 0.3) is 0 Å². The Morgan fingerprint density at radius 3 is 2.41 bits per heavy atom. The number of fused-ring (bicyclic) bond motifs is 5. The third kappa shape index (κ3) is 4.84. The topological polar surface area (TPSA) is 103 Å². The molecule has 44 heavy (non-hydrogen) atoms. The summed E-state index contributed by atoms with van der Waals surface area (Å²) in [6, 6.07) is 24.4. The number of nitrogens with zero attached hydrogens (tertiary/aromatic N) is 4. The molecule has 2 N–H and O–H groups in total. The van der Waals surface area contributed by atoms with Gasteiger partial charge in [0.1, 0.15) is 11.4 Å². The van der Waals surface area contributed by atoms with Gasteiger partial charge >= 0.3 is 6.09 Å². The fourth-order valence-corrected chi connectivity index (χ4v) is 5.99. The van der Waals surface area contributed by atoms with Crippen molar-refractivity contribution in [2.24, 2.45) is 0 Å². The van der Waals surface area contributed by atoms with Crippen molar-refractivity contribution in [1.29, 1.82) is 0 Å². The van der Waals surface area contributed by atoms with Crippen LogP contribution in [0.3, 0.4) is 0 Å². The summed E-state index contributed by atoms with van der Waals surface area (Å²) in [7, 11) is 1.61. The van der Waals surface area contributed by atoms with Gasteiger partial charge in [-0.25, -0.2) is 19.7 Å². The summed E-state index contributed by atoms with van der Waals surface area (Å²) < 4.78 is 13.1. The Hall–Kier alpha value is -5.18. The van der Waals surface area contributed by atoms with Crippen molar-refractivity contribution in [2.45, 2.75) is 51.2 Å². The van der Waals surface area contributed by atoms with Crippen LogP contribution in [0.5, 0.6) is 5.88 Å². The predicted molar refractivity (Wildman–Crippen MR) is 170 cm³/mol. The first-order valence-corrected chi connectivity index (χ1v) is 14.8. The molecule has 0 bridgehead atoms. The van der Waals surface area contributed by atoms with E-state index in [1.807, 2.05) is 57.2 Å². The fourth-order valence-electron chi connectivity index (χ4n) is 5.99. The van der Waals surface area contributed by atoms with Crippen LogP contribution in [0.2, 0.25) is 0 Å². The molecule has 5 aromatic rings. The van der Waals surface area contributed by atoms with Crippen molar-refractivity contribution in [3.63, 3.8) is 0 Å².